The highest BCUT2D eigenvalue weighted by Crippen LogP contribution is 2.49. The van der Waals surface area contributed by atoms with Crippen LogP contribution in [0.2, 0.25) is 0 Å². The molecule has 1 heterocycles. The lowest BCUT2D eigenvalue weighted by molar-refractivity contribution is -0.148. The highest BCUT2D eigenvalue weighted by Gasteiger charge is 2.43. The first kappa shape index (κ1) is 13.1. The van der Waals surface area contributed by atoms with E-state index in [4.69, 9.17) is 5.11 Å². The highest BCUT2D eigenvalue weighted by atomic mass is 19.4. The maximum atomic E-state index is 12.2. The van der Waals surface area contributed by atoms with E-state index in [1.165, 1.54) is 11.3 Å². The molecule has 0 bridgehead atoms. The Morgan fingerprint density at radius 3 is 2.35 bits per heavy atom. The van der Waals surface area contributed by atoms with Crippen LogP contribution in [0.4, 0.5) is 13.2 Å². The molecule has 2 unspecified atom stereocenters. The lowest BCUT2D eigenvalue weighted by Gasteiger charge is -2.32. The highest BCUT2D eigenvalue weighted by molar-refractivity contribution is 4.93. The molecule has 0 aromatic carbocycles. The third-order valence-electron chi connectivity index (χ3n) is 4.12. The third-order valence-corrected chi connectivity index (χ3v) is 4.12. The molecule has 17 heavy (non-hydrogen) atoms. The summed E-state index contributed by atoms with van der Waals surface area (Å²) in [5.74, 6) is 1.91. The van der Waals surface area contributed by atoms with Crippen LogP contribution in [0.5, 0.6) is 0 Å². The predicted octanol–water partition coefficient (Wildman–Crippen LogP) is 2.28. The van der Waals surface area contributed by atoms with Gasteiger partial charge in [-0.05, 0) is 56.5 Å². The Hall–Kier alpha value is -0.290. The fourth-order valence-corrected chi connectivity index (χ4v) is 3.14. The maximum Gasteiger partial charge on any atom is 0.401 e. The molecule has 0 aromatic rings. The Kier molecular flexibility index (Phi) is 3.98. The third kappa shape index (κ3) is 3.85. The summed E-state index contributed by atoms with van der Waals surface area (Å²) in [5.41, 5.74) is 0. The van der Waals surface area contributed by atoms with E-state index in [1.54, 1.807) is 0 Å². The zero-order valence-electron chi connectivity index (χ0n) is 9.92. The number of hydrogen-bond donors (Lipinski definition) is 1. The molecule has 0 aromatic heterocycles. The number of aliphatic hydroxyl groups excluding tert-OH is 1. The molecule has 1 saturated heterocycles. The van der Waals surface area contributed by atoms with Gasteiger partial charge in [0.1, 0.15) is 0 Å². The van der Waals surface area contributed by atoms with E-state index in [1.807, 2.05) is 0 Å². The van der Waals surface area contributed by atoms with Gasteiger partial charge in [-0.2, -0.15) is 13.2 Å². The van der Waals surface area contributed by atoms with Gasteiger partial charge in [0.2, 0.25) is 0 Å². The van der Waals surface area contributed by atoms with Crippen LogP contribution in [-0.4, -0.2) is 42.4 Å². The summed E-state index contributed by atoms with van der Waals surface area (Å²) < 4.78 is 36.6. The van der Waals surface area contributed by atoms with Crippen molar-refractivity contribution in [2.75, 3.05) is 26.2 Å². The summed E-state index contributed by atoms with van der Waals surface area (Å²) >= 11 is 0. The molecule has 2 atom stereocenters. The average Bonchev–Trinajstić information content (AvgIpc) is 2.96. The first-order valence-electron chi connectivity index (χ1n) is 6.39. The van der Waals surface area contributed by atoms with E-state index >= 15 is 0 Å². The SMILES string of the molecule is OCCC1CC1C1CCN(CC(F)(F)F)CC1. The van der Waals surface area contributed by atoms with Gasteiger partial charge in [-0.1, -0.05) is 0 Å². The minimum absolute atomic E-state index is 0.244. The van der Waals surface area contributed by atoms with E-state index in [9.17, 15) is 13.2 Å². The van der Waals surface area contributed by atoms with Gasteiger partial charge in [0, 0.05) is 6.61 Å². The maximum absolute atomic E-state index is 12.2. The molecule has 2 fully saturated rings. The van der Waals surface area contributed by atoms with E-state index in [2.05, 4.69) is 0 Å². The van der Waals surface area contributed by atoms with Crippen LogP contribution in [-0.2, 0) is 0 Å². The van der Waals surface area contributed by atoms with E-state index in [0.717, 1.165) is 19.3 Å². The van der Waals surface area contributed by atoms with Gasteiger partial charge >= 0.3 is 6.18 Å². The van der Waals surface area contributed by atoms with Crippen molar-refractivity contribution in [3.63, 3.8) is 0 Å². The summed E-state index contributed by atoms with van der Waals surface area (Å²) in [6.45, 7) is 0.636. The quantitative estimate of drug-likeness (QED) is 0.828. The summed E-state index contributed by atoms with van der Waals surface area (Å²) in [7, 11) is 0. The number of aliphatic hydroxyl groups is 1. The Balaban J connectivity index is 1.69. The minimum atomic E-state index is -4.06. The molecule has 1 saturated carbocycles. The van der Waals surface area contributed by atoms with Gasteiger partial charge in [0.05, 0.1) is 6.54 Å². The second kappa shape index (κ2) is 5.14. The molecule has 0 spiro atoms. The Morgan fingerprint density at radius 1 is 1.18 bits per heavy atom. The van der Waals surface area contributed by atoms with Crippen LogP contribution in [0.15, 0.2) is 0 Å². The number of nitrogens with zero attached hydrogens (tertiary/aromatic N) is 1. The molecule has 1 N–H and O–H groups in total. The topological polar surface area (TPSA) is 23.5 Å². The number of halogens is 3. The molecule has 2 aliphatic rings. The van der Waals surface area contributed by atoms with Gasteiger partial charge < -0.3 is 5.11 Å². The first-order chi connectivity index (χ1) is 7.99. The zero-order valence-corrected chi connectivity index (χ0v) is 9.92. The monoisotopic (exact) mass is 251 g/mol. The summed E-state index contributed by atoms with van der Waals surface area (Å²) in [4.78, 5) is 1.51. The van der Waals surface area contributed by atoms with Crippen LogP contribution < -0.4 is 0 Å². The van der Waals surface area contributed by atoms with E-state index in [-0.39, 0.29) is 6.61 Å². The van der Waals surface area contributed by atoms with Crippen LogP contribution in [0.1, 0.15) is 25.7 Å². The minimum Gasteiger partial charge on any atom is -0.396 e. The van der Waals surface area contributed by atoms with Crippen molar-refractivity contribution in [1.82, 2.24) is 4.90 Å². The first-order valence-corrected chi connectivity index (χ1v) is 6.39. The fraction of sp³-hybridized carbons (Fsp3) is 1.00. The number of hydrogen-bond acceptors (Lipinski definition) is 2. The second-order valence-electron chi connectivity index (χ2n) is 5.40. The summed E-state index contributed by atoms with van der Waals surface area (Å²) in [6.07, 6.45) is -0.241. The Bertz CT molecular complexity index is 249. The lowest BCUT2D eigenvalue weighted by atomic mass is 9.90. The van der Waals surface area contributed by atoms with Gasteiger partial charge in [-0.3, -0.25) is 4.90 Å². The van der Waals surface area contributed by atoms with Crippen LogP contribution in [0, 0.1) is 17.8 Å². The van der Waals surface area contributed by atoms with Crippen LogP contribution >= 0.6 is 0 Å². The Labute approximate surface area is 99.8 Å². The number of rotatable bonds is 4. The summed E-state index contributed by atoms with van der Waals surface area (Å²) in [6, 6.07) is 0. The van der Waals surface area contributed by atoms with Crippen LogP contribution in [0.25, 0.3) is 0 Å². The lowest BCUT2D eigenvalue weighted by Crippen LogP contribution is -2.40. The van der Waals surface area contributed by atoms with Crippen molar-refractivity contribution >= 4 is 0 Å². The second-order valence-corrected chi connectivity index (χ2v) is 5.40. The average molecular weight is 251 g/mol. The molecule has 0 radical (unpaired) electrons. The molecular formula is C12H20F3NO. The largest absolute Gasteiger partial charge is 0.401 e. The van der Waals surface area contributed by atoms with E-state index in [0.29, 0.717) is 30.8 Å². The van der Waals surface area contributed by atoms with Crippen LogP contribution in [0.3, 0.4) is 0 Å². The van der Waals surface area contributed by atoms with E-state index < -0.39 is 12.7 Å². The van der Waals surface area contributed by atoms with Crippen molar-refractivity contribution < 1.29 is 18.3 Å². The van der Waals surface area contributed by atoms with Gasteiger partial charge in [0.25, 0.3) is 0 Å². The summed E-state index contributed by atoms with van der Waals surface area (Å²) in [5, 5.41) is 8.83. The molecule has 100 valence electrons. The van der Waals surface area contributed by atoms with Gasteiger partial charge in [-0.25, -0.2) is 0 Å². The molecule has 5 heteroatoms. The molecular weight excluding hydrogens is 231 g/mol. The molecule has 1 aliphatic heterocycles. The van der Waals surface area contributed by atoms with Crippen molar-refractivity contribution in [3.05, 3.63) is 0 Å². The number of alkyl halides is 3. The fourth-order valence-electron chi connectivity index (χ4n) is 3.14. The standard InChI is InChI=1S/C12H20F3NO/c13-12(14,15)8-16-4-1-9(2-5-16)11-7-10(11)3-6-17/h9-11,17H,1-8H2. The predicted molar refractivity (Wildman–Crippen MR) is 58.5 cm³/mol. The van der Waals surface area contributed by atoms with Crippen molar-refractivity contribution in [2.24, 2.45) is 17.8 Å². The van der Waals surface area contributed by atoms with Crippen molar-refractivity contribution in [3.8, 4) is 0 Å². The molecule has 2 nitrogen and oxygen atoms in total. The molecule has 1 aliphatic carbocycles. The number of piperidine rings is 1. The normalized spacial score (nSPS) is 31.8. The zero-order chi connectivity index (χ0) is 12.5. The molecule has 0 amide bonds. The van der Waals surface area contributed by atoms with Crippen molar-refractivity contribution in [2.45, 2.75) is 31.9 Å². The van der Waals surface area contributed by atoms with Gasteiger partial charge in [-0.15, -0.1) is 0 Å². The smallest absolute Gasteiger partial charge is 0.396 e. The van der Waals surface area contributed by atoms with Gasteiger partial charge in [0.15, 0.2) is 0 Å². The Morgan fingerprint density at radius 2 is 1.82 bits per heavy atom. The number of likely N-dealkylation sites (tertiary alicyclic amines) is 1. The molecule has 2 rings (SSSR count). The van der Waals surface area contributed by atoms with Crippen molar-refractivity contribution in [1.29, 1.82) is 0 Å².